The summed E-state index contributed by atoms with van der Waals surface area (Å²) < 4.78 is 6.16. The normalized spacial score (nSPS) is 12.2. The first kappa shape index (κ1) is 14.4. The summed E-state index contributed by atoms with van der Waals surface area (Å²) in [6, 6.07) is 16.1. The maximum absolute atomic E-state index is 6.00. The fourth-order valence-electron chi connectivity index (χ4n) is 1.86. The van der Waals surface area contributed by atoms with Gasteiger partial charge in [0.1, 0.15) is 0 Å². The molecule has 0 aliphatic carbocycles. The van der Waals surface area contributed by atoms with Crippen molar-refractivity contribution in [3.63, 3.8) is 0 Å². The summed E-state index contributed by atoms with van der Waals surface area (Å²) in [4.78, 5) is 0. The van der Waals surface area contributed by atoms with Crippen LogP contribution in [0.4, 0.5) is 5.69 Å². The Morgan fingerprint density at radius 2 is 1.95 bits per heavy atom. The lowest BCUT2D eigenvalue weighted by molar-refractivity contribution is 0.186. The molecule has 0 aliphatic rings. The van der Waals surface area contributed by atoms with Crippen molar-refractivity contribution in [2.45, 2.75) is 6.04 Å². The third kappa shape index (κ3) is 3.96. The Bertz CT molecular complexity index is 533. The van der Waals surface area contributed by atoms with E-state index in [2.05, 4.69) is 33.4 Å². The van der Waals surface area contributed by atoms with Crippen molar-refractivity contribution >= 4 is 33.2 Å². The van der Waals surface area contributed by atoms with Gasteiger partial charge in [-0.2, -0.15) is 0 Å². The molecule has 19 heavy (non-hydrogen) atoms. The molecule has 0 saturated carbocycles. The van der Waals surface area contributed by atoms with Crippen LogP contribution in [-0.2, 0) is 4.74 Å². The Kier molecular flexibility index (Phi) is 5.25. The van der Waals surface area contributed by atoms with Crippen LogP contribution in [0.15, 0.2) is 53.0 Å². The van der Waals surface area contributed by atoms with Crippen molar-refractivity contribution in [3.05, 3.63) is 63.6 Å². The number of halogens is 2. The highest BCUT2D eigenvalue weighted by Crippen LogP contribution is 2.28. The fourth-order valence-corrected chi connectivity index (χ4v) is 2.36. The molecular weight excluding hydrogens is 326 g/mol. The van der Waals surface area contributed by atoms with Crippen LogP contribution >= 0.6 is 27.5 Å². The molecular formula is C15H15BrClNO. The Labute approximate surface area is 126 Å². The van der Waals surface area contributed by atoms with Gasteiger partial charge in [0.05, 0.1) is 17.7 Å². The molecule has 2 nitrogen and oxygen atoms in total. The maximum atomic E-state index is 6.00. The van der Waals surface area contributed by atoms with Gasteiger partial charge in [0.2, 0.25) is 0 Å². The van der Waals surface area contributed by atoms with E-state index in [0.717, 1.165) is 10.2 Å². The molecule has 2 rings (SSSR count). The van der Waals surface area contributed by atoms with Crippen LogP contribution < -0.4 is 5.32 Å². The van der Waals surface area contributed by atoms with Crippen molar-refractivity contribution in [3.8, 4) is 0 Å². The summed E-state index contributed by atoms with van der Waals surface area (Å²) in [6.45, 7) is 0.601. The quantitative estimate of drug-likeness (QED) is 0.835. The van der Waals surface area contributed by atoms with Gasteiger partial charge in [-0.15, -0.1) is 0 Å². The molecule has 0 aromatic heterocycles. The highest BCUT2D eigenvalue weighted by Gasteiger charge is 2.11. The molecule has 0 fully saturated rings. The average Bonchev–Trinajstić information content (AvgIpc) is 2.43. The van der Waals surface area contributed by atoms with Gasteiger partial charge >= 0.3 is 0 Å². The molecule has 1 N–H and O–H groups in total. The predicted octanol–water partition coefficient (Wildman–Crippen LogP) is 4.90. The molecule has 100 valence electrons. The molecule has 2 aromatic carbocycles. The number of methoxy groups -OCH3 is 1. The van der Waals surface area contributed by atoms with Crippen LogP contribution in [0.25, 0.3) is 0 Å². The molecule has 0 heterocycles. The smallest absolute Gasteiger partial charge is 0.0747 e. The van der Waals surface area contributed by atoms with Crippen LogP contribution in [0.3, 0.4) is 0 Å². The van der Waals surface area contributed by atoms with Crippen LogP contribution in [0.1, 0.15) is 11.6 Å². The van der Waals surface area contributed by atoms with Crippen LogP contribution in [0, 0.1) is 0 Å². The first-order chi connectivity index (χ1) is 9.20. The van der Waals surface area contributed by atoms with E-state index in [1.165, 1.54) is 5.56 Å². The lowest BCUT2D eigenvalue weighted by atomic mass is 10.1. The monoisotopic (exact) mass is 339 g/mol. The number of benzene rings is 2. The van der Waals surface area contributed by atoms with Crippen LogP contribution in [0.2, 0.25) is 5.02 Å². The fraction of sp³-hybridized carbons (Fsp3) is 0.200. The standard InChI is InChI=1S/C15H15BrClNO/c1-19-10-15(11-5-3-2-4-6-11)18-12-7-8-14(17)13(16)9-12/h2-9,15,18H,10H2,1H3. The summed E-state index contributed by atoms with van der Waals surface area (Å²) >= 11 is 9.42. The molecule has 2 aromatic rings. The highest BCUT2D eigenvalue weighted by molar-refractivity contribution is 9.10. The largest absolute Gasteiger partial charge is 0.382 e. The molecule has 1 atom stereocenters. The number of nitrogens with one attached hydrogen (secondary N) is 1. The SMILES string of the molecule is COCC(Nc1ccc(Cl)c(Br)c1)c1ccccc1. The lowest BCUT2D eigenvalue weighted by Crippen LogP contribution is -2.16. The number of ether oxygens (including phenoxy) is 1. The van der Waals surface area contributed by atoms with Crippen molar-refractivity contribution in [1.29, 1.82) is 0 Å². The van der Waals surface area contributed by atoms with Gasteiger partial charge in [-0.1, -0.05) is 41.9 Å². The summed E-state index contributed by atoms with van der Waals surface area (Å²) in [6.07, 6.45) is 0. The Morgan fingerprint density at radius 1 is 1.21 bits per heavy atom. The van der Waals surface area contributed by atoms with E-state index in [1.54, 1.807) is 7.11 Å². The third-order valence-electron chi connectivity index (χ3n) is 2.80. The van der Waals surface area contributed by atoms with Gasteiger partial charge in [-0.3, -0.25) is 0 Å². The van der Waals surface area contributed by atoms with E-state index in [-0.39, 0.29) is 6.04 Å². The Morgan fingerprint density at radius 3 is 2.58 bits per heavy atom. The Balaban J connectivity index is 2.19. The topological polar surface area (TPSA) is 21.3 Å². The van der Waals surface area contributed by atoms with E-state index in [0.29, 0.717) is 11.6 Å². The van der Waals surface area contributed by atoms with Crippen molar-refractivity contribution in [1.82, 2.24) is 0 Å². The van der Waals surface area contributed by atoms with Gasteiger partial charge in [0.15, 0.2) is 0 Å². The number of anilines is 1. The molecule has 0 bridgehead atoms. The molecule has 0 amide bonds. The second-order valence-corrected chi connectivity index (χ2v) is 5.45. The second kappa shape index (κ2) is 6.94. The van der Waals surface area contributed by atoms with Gasteiger partial charge in [-0.05, 0) is 39.7 Å². The van der Waals surface area contributed by atoms with Crippen molar-refractivity contribution in [2.24, 2.45) is 0 Å². The number of rotatable bonds is 5. The molecule has 0 aliphatic heterocycles. The van der Waals surface area contributed by atoms with E-state index in [1.807, 2.05) is 36.4 Å². The van der Waals surface area contributed by atoms with Gasteiger partial charge in [0, 0.05) is 17.3 Å². The molecule has 1 unspecified atom stereocenters. The first-order valence-corrected chi connectivity index (χ1v) is 7.13. The maximum Gasteiger partial charge on any atom is 0.0747 e. The zero-order chi connectivity index (χ0) is 13.7. The van der Waals surface area contributed by atoms with Gasteiger partial charge < -0.3 is 10.1 Å². The molecule has 4 heteroatoms. The summed E-state index contributed by atoms with van der Waals surface area (Å²) in [5.74, 6) is 0. The third-order valence-corrected chi connectivity index (χ3v) is 4.01. The molecule has 0 saturated heterocycles. The minimum absolute atomic E-state index is 0.110. The number of hydrogen-bond donors (Lipinski definition) is 1. The van der Waals surface area contributed by atoms with Crippen LogP contribution in [0.5, 0.6) is 0 Å². The van der Waals surface area contributed by atoms with Gasteiger partial charge in [-0.25, -0.2) is 0 Å². The first-order valence-electron chi connectivity index (χ1n) is 5.96. The lowest BCUT2D eigenvalue weighted by Gasteiger charge is -2.20. The minimum Gasteiger partial charge on any atom is -0.382 e. The van der Waals surface area contributed by atoms with E-state index in [9.17, 15) is 0 Å². The Hall–Kier alpha value is -1.03. The van der Waals surface area contributed by atoms with E-state index < -0.39 is 0 Å². The predicted molar refractivity (Wildman–Crippen MR) is 83.8 cm³/mol. The van der Waals surface area contributed by atoms with E-state index >= 15 is 0 Å². The zero-order valence-corrected chi connectivity index (χ0v) is 12.9. The summed E-state index contributed by atoms with van der Waals surface area (Å²) in [5.41, 5.74) is 2.19. The summed E-state index contributed by atoms with van der Waals surface area (Å²) in [5, 5.41) is 4.15. The molecule has 0 radical (unpaired) electrons. The highest BCUT2D eigenvalue weighted by atomic mass is 79.9. The molecule has 0 spiro atoms. The minimum atomic E-state index is 0.110. The average molecular weight is 341 g/mol. The van der Waals surface area contributed by atoms with Gasteiger partial charge in [0.25, 0.3) is 0 Å². The number of hydrogen-bond acceptors (Lipinski definition) is 2. The van der Waals surface area contributed by atoms with Crippen molar-refractivity contribution in [2.75, 3.05) is 19.0 Å². The van der Waals surface area contributed by atoms with Crippen molar-refractivity contribution < 1.29 is 4.74 Å². The van der Waals surface area contributed by atoms with Crippen LogP contribution in [-0.4, -0.2) is 13.7 Å². The summed E-state index contributed by atoms with van der Waals surface area (Å²) in [7, 11) is 1.70. The van der Waals surface area contributed by atoms with E-state index in [4.69, 9.17) is 16.3 Å². The zero-order valence-electron chi connectivity index (χ0n) is 10.6. The second-order valence-electron chi connectivity index (χ2n) is 4.19.